The molecule has 1 aromatic heterocycles. The van der Waals surface area contributed by atoms with E-state index in [1.54, 1.807) is 11.0 Å². The summed E-state index contributed by atoms with van der Waals surface area (Å²) in [7, 11) is 0. The number of benzene rings is 3. The minimum atomic E-state index is -0.376. The number of rotatable bonds is 11. The van der Waals surface area contributed by atoms with Crippen molar-refractivity contribution in [1.29, 1.82) is 0 Å². The van der Waals surface area contributed by atoms with E-state index in [1.165, 1.54) is 0 Å². The molecule has 214 valence electrons. The molecule has 41 heavy (non-hydrogen) atoms. The monoisotopic (exact) mass is 637 g/mol. The van der Waals surface area contributed by atoms with Crippen molar-refractivity contribution in [2.45, 2.75) is 26.3 Å². The number of anilines is 2. The molecule has 0 bridgehead atoms. The van der Waals surface area contributed by atoms with Crippen LogP contribution in [0.1, 0.15) is 30.1 Å². The third-order valence-electron chi connectivity index (χ3n) is 6.26. The van der Waals surface area contributed by atoms with Crippen LogP contribution in [-0.2, 0) is 11.3 Å². The Bertz CT molecular complexity index is 1480. The summed E-state index contributed by atoms with van der Waals surface area (Å²) < 4.78 is 2.82. The number of urea groups is 1. The average Bonchev–Trinajstić information content (AvgIpc) is 2.95. The Morgan fingerprint density at radius 1 is 0.878 bits per heavy atom. The topological polar surface area (TPSA) is 94.4 Å². The molecule has 0 radical (unpaired) electrons. The minimum Gasteiger partial charge on any atom is -1.00 e. The quantitative estimate of drug-likeness (QED) is 0.220. The molecule has 0 saturated heterocycles. The predicted molar refractivity (Wildman–Crippen MR) is 161 cm³/mol. The third kappa shape index (κ3) is 9.03. The summed E-state index contributed by atoms with van der Waals surface area (Å²) in [5.41, 5.74) is 2.01. The first kappa shape index (κ1) is 31.6. The lowest BCUT2D eigenvalue weighted by atomic mass is 10.1. The van der Waals surface area contributed by atoms with Crippen LogP contribution in [0.25, 0.3) is 10.8 Å². The van der Waals surface area contributed by atoms with E-state index in [-0.39, 0.29) is 49.8 Å². The fraction of sp³-hybridized carbons (Fsp3) is 0.226. The molecular formula is C31H33BrClN5O3. The molecule has 0 aliphatic carbocycles. The molecule has 0 unspecified atom stereocenters. The van der Waals surface area contributed by atoms with Crippen LogP contribution >= 0.6 is 15.9 Å². The number of hydrogen-bond donors (Lipinski definition) is 3. The Hall–Kier alpha value is -3.95. The van der Waals surface area contributed by atoms with Gasteiger partial charge in [-0.1, -0.05) is 61.5 Å². The number of carbonyl (C=O) groups is 3. The van der Waals surface area contributed by atoms with Crippen molar-refractivity contribution in [2.75, 3.05) is 29.9 Å². The smallest absolute Gasteiger partial charge is 0.319 e. The van der Waals surface area contributed by atoms with Gasteiger partial charge in [-0.15, -0.1) is 0 Å². The standard InChI is InChI=1S/C31H32BrN5O3.ClH/c1-2-18-36-21-24(20-25(32)22-36)30(39)37(26-11-4-3-5-12-26)19-17-33-29(38)15-16-34-31(40)35-28-14-8-10-23-9-6-7-13-27(23)28;/h3-14,20-22H,2,15-19H2,1H3,(H2-,33,34,35,38,40);1H. The van der Waals surface area contributed by atoms with Gasteiger partial charge in [-0.25, -0.2) is 9.36 Å². The summed E-state index contributed by atoms with van der Waals surface area (Å²) in [6.45, 7) is 3.63. The molecule has 0 spiro atoms. The maximum absolute atomic E-state index is 13.5. The van der Waals surface area contributed by atoms with Crippen molar-refractivity contribution < 1.29 is 31.4 Å². The van der Waals surface area contributed by atoms with Gasteiger partial charge in [-0.05, 0) is 45.6 Å². The Balaban J connectivity index is 0.00000462. The average molecular weight is 639 g/mol. The van der Waals surface area contributed by atoms with E-state index in [1.807, 2.05) is 89.8 Å². The highest BCUT2D eigenvalue weighted by Gasteiger charge is 2.21. The van der Waals surface area contributed by atoms with Crippen molar-refractivity contribution in [2.24, 2.45) is 0 Å². The van der Waals surface area contributed by atoms with Gasteiger partial charge >= 0.3 is 6.03 Å². The van der Waals surface area contributed by atoms with Crippen LogP contribution in [0, 0.1) is 0 Å². The number of nitrogens with one attached hydrogen (secondary N) is 3. The zero-order chi connectivity index (χ0) is 28.3. The summed E-state index contributed by atoms with van der Waals surface area (Å²) in [4.78, 5) is 40.1. The highest BCUT2D eigenvalue weighted by atomic mass is 79.9. The second-order valence-corrected chi connectivity index (χ2v) is 10.2. The number of hydrogen-bond acceptors (Lipinski definition) is 3. The Morgan fingerprint density at radius 3 is 2.39 bits per heavy atom. The molecular weight excluding hydrogens is 606 g/mol. The van der Waals surface area contributed by atoms with Crippen LogP contribution < -0.4 is 37.8 Å². The van der Waals surface area contributed by atoms with E-state index in [9.17, 15) is 14.4 Å². The SMILES string of the molecule is CCC[n+]1cc(Br)cc(C(=O)N(CCNC(=O)CCNC(=O)Nc2cccc3ccccc23)c2ccccc2)c1.[Cl-]. The molecule has 0 saturated carbocycles. The summed E-state index contributed by atoms with van der Waals surface area (Å²) in [6.07, 6.45) is 4.86. The van der Waals surface area contributed by atoms with Crippen molar-refractivity contribution in [1.82, 2.24) is 10.6 Å². The first-order valence-electron chi connectivity index (χ1n) is 13.3. The number of halogens is 2. The molecule has 4 rings (SSSR count). The molecule has 10 heteroatoms. The van der Waals surface area contributed by atoms with E-state index < -0.39 is 0 Å². The van der Waals surface area contributed by atoms with Crippen LogP contribution in [0.3, 0.4) is 0 Å². The van der Waals surface area contributed by atoms with Crippen LogP contribution in [-0.4, -0.2) is 37.5 Å². The normalized spacial score (nSPS) is 10.4. The lowest BCUT2D eigenvalue weighted by Crippen LogP contribution is -3.00. The number of aromatic nitrogens is 1. The Kier molecular flexibility index (Phi) is 12.1. The van der Waals surface area contributed by atoms with E-state index in [0.29, 0.717) is 17.8 Å². The molecule has 1 heterocycles. The maximum atomic E-state index is 13.5. The fourth-order valence-electron chi connectivity index (χ4n) is 4.40. The summed E-state index contributed by atoms with van der Waals surface area (Å²) >= 11 is 3.51. The first-order valence-corrected chi connectivity index (χ1v) is 14.1. The van der Waals surface area contributed by atoms with Gasteiger partial charge in [0.2, 0.25) is 5.91 Å². The number of carbonyl (C=O) groups excluding carboxylic acids is 3. The summed E-state index contributed by atoms with van der Waals surface area (Å²) in [6, 6.07) is 24.3. The van der Waals surface area contributed by atoms with Crippen molar-refractivity contribution in [3.05, 3.63) is 101 Å². The summed E-state index contributed by atoms with van der Waals surface area (Å²) in [5, 5.41) is 10.4. The molecule has 4 aromatic rings. The molecule has 3 N–H and O–H groups in total. The third-order valence-corrected chi connectivity index (χ3v) is 6.70. The van der Waals surface area contributed by atoms with Crippen molar-refractivity contribution >= 4 is 55.9 Å². The zero-order valence-corrected chi connectivity index (χ0v) is 25.1. The number of pyridine rings is 1. The van der Waals surface area contributed by atoms with E-state index >= 15 is 0 Å². The van der Waals surface area contributed by atoms with Crippen LogP contribution in [0.2, 0.25) is 0 Å². The van der Waals surface area contributed by atoms with Gasteiger partial charge in [0.15, 0.2) is 12.4 Å². The van der Waals surface area contributed by atoms with Gasteiger partial charge in [0.05, 0.1) is 10.2 Å². The molecule has 4 amide bonds. The molecule has 3 aromatic carbocycles. The van der Waals surface area contributed by atoms with Gasteiger partial charge in [0.1, 0.15) is 12.1 Å². The van der Waals surface area contributed by atoms with Gasteiger partial charge in [-0.2, -0.15) is 0 Å². The predicted octanol–water partition coefficient (Wildman–Crippen LogP) is 2.28. The van der Waals surface area contributed by atoms with Crippen molar-refractivity contribution in [3.63, 3.8) is 0 Å². The van der Waals surface area contributed by atoms with E-state index in [2.05, 4.69) is 38.8 Å². The zero-order valence-electron chi connectivity index (χ0n) is 22.8. The van der Waals surface area contributed by atoms with Crippen LogP contribution in [0.4, 0.5) is 16.2 Å². The van der Waals surface area contributed by atoms with Gasteiger partial charge in [0, 0.05) is 43.5 Å². The van der Waals surface area contributed by atoms with Crippen molar-refractivity contribution in [3.8, 4) is 0 Å². The minimum absolute atomic E-state index is 0. The van der Waals surface area contributed by atoms with Gasteiger partial charge in [0.25, 0.3) is 5.91 Å². The van der Waals surface area contributed by atoms with Crippen LogP contribution in [0.15, 0.2) is 95.7 Å². The lowest BCUT2D eigenvalue weighted by molar-refractivity contribution is -0.697. The van der Waals surface area contributed by atoms with E-state index in [0.717, 1.165) is 33.9 Å². The van der Waals surface area contributed by atoms with E-state index in [4.69, 9.17) is 0 Å². The molecule has 0 aliphatic rings. The fourth-order valence-corrected chi connectivity index (χ4v) is 4.91. The number of amides is 4. The highest BCUT2D eigenvalue weighted by molar-refractivity contribution is 9.10. The molecule has 8 nitrogen and oxygen atoms in total. The molecule has 0 fully saturated rings. The van der Waals surface area contributed by atoms with Gasteiger partial charge < -0.3 is 33.3 Å². The Labute approximate surface area is 254 Å². The second-order valence-electron chi connectivity index (χ2n) is 9.28. The van der Waals surface area contributed by atoms with Gasteiger partial charge in [-0.3, -0.25) is 9.59 Å². The largest absolute Gasteiger partial charge is 1.00 e. The maximum Gasteiger partial charge on any atom is 0.319 e. The Morgan fingerprint density at radius 2 is 1.61 bits per heavy atom. The molecule has 0 aliphatic heterocycles. The summed E-state index contributed by atoms with van der Waals surface area (Å²) in [5.74, 6) is -0.368. The number of para-hydroxylation sites is 1. The molecule has 0 atom stereocenters. The first-order chi connectivity index (χ1) is 19.4. The number of nitrogens with zero attached hydrogens (tertiary/aromatic N) is 2. The van der Waals surface area contributed by atoms with Crippen LogP contribution in [0.5, 0.6) is 0 Å². The number of aryl methyl sites for hydroxylation is 1. The number of fused-ring (bicyclic) bond motifs is 1. The second kappa shape index (κ2) is 15.7. The lowest BCUT2D eigenvalue weighted by Gasteiger charge is -2.23. The highest BCUT2D eigenvalue weighted by Crippen LogP contribution is 2.23.